The number of fused-ring (bicyclic) bond motifs is 1. The summed E-state index contributed by atoms with van der Waals surface area (Å²) in [7, 11) is 0. The van der Waals surface area contributed by atoms with Gasteiger partial charge in [-0.2, -0.15) is 5.10 Å². The summed E-state index contributed by atoms with van der Waals surface area (Å²) in [5.41, 5.74) is 2.35. The number of hydrogen-bond acceptors (Lipinski definition) is 6. The lowest BCUT2D eigenvalue weighted by molar-refractivity contribution is -0.138. The van der Waals surface area contributed by atoms with Crippen LogP contribution in [0.3, 0.4) is 0 Å². The summed E-state index contributed by atoms with van der Waals surface area (Å²) >= 11 is 0. The third kappa shape index (κ3) is 3.46. The Morgan fingerprint density at radius 1 is 1.41 bits per heavy atom. The van der Waals surface area contributed by atoms with Gasteiger partial charge in [-0.25, -0.2) is 4.98 Å². The topological polar surface area (TPSA) is 124 Å². The highest BCUT2D eigenvalue weighted by molar-refractivity contribution is 5.93. The second-order valence-electron chi connectivity index (χ2n) is 7.30. The first-order valence-electron chi connectivity index (χ1n) is 9.22. The second kappa shape index (κ2) is 7.15. The summed E-state index contributed by atoms with van der Waals surface area (Å²) in [4.78, 5) is 31.1. The lowest BCUT2D eigenvalue weighted by atomic mass is 9.82. The average molecular weight is 373 g/mol. The van der Waals surface area contributed by atoms with Crippen LogP contribution in [0.1, 0.15) is 46.8 Å². The van der Waals surface area contributed by atoms with Gasteiger partial charge in [-0.15, -0.1) is 0 Å². The number of aliphatic hydroxyl groups is 1. The van der Waals surface area contributed by atoms with E-state index in [2.05, 4.69) is 20.5 Å². The van der Waals surface area contributed by atoms with Crippen molar-refractivity contribution >= 4 is 11.8 Å². The van der Waals surface area contributed by atoms with Gasteiger partial charge in [0.25, 0.3) is 5.91 Å². The number of rotatable bonds is 3. The van der Waals surface area contributed by atoms with E-state index in [0.717, 1.165) is 17.7 Å². The van der Waals surface area contributed by atoms with Crippen molar-refractivity contribution in [2.24, 2.45) is 5.92 Å². The summed E-state index contributed by atoms with van der Waals surface area (Å²) in [5.74, 6) is -0.106. The molecule has 9 heteroatoms. The maximum absolute atomic E-state index is 13.0. The number of amides is 2. The van der Waals surface area contributed by atoms with Crippen LogP contribution in [-0.2, 0) is 17.8 Å². The molecule has 0 aromatic carbocycles. The molecule has 1 aliphatic carbocycles. The summed E-state index contributed by atoms with van der Waals surface area (Å²) in [6, 6.07) is -0.481. The largest absolute Gasteiger partial charge is 0.448 e. The Bertz CT molecular complexity index is 844. The van der Waals surface area contributed by atoms with Crippen molar-refractivity contribution in [2.75, 3.05) is 6.54 Å². The van der Waals surface area contributed by atoms with Crippen molar-refractivity contribution in [2.45, 2.75) is 51.3 Å². The number of carbonyl (C=O) groups excluding carboxylic acids is 2. The number of oxazole rings is 1. The molecule has 2 aromatic heterocycles. The predicted molar refractivity (Wildman–Crippen MR) is 93.6 cm³/mol. The molecular weight excluding hydrogens is 350 g/mol. The molecule has 2 aliphatic rings. The number of aryl methyl sites for hydroxylation is 1. The average Bonchev–Trinajstić information content (AvgIpc) is 3.30. The van der Waals surface area contributed by atoms with E-state index in [9.17, 15) is 14.7 Å². The number of H-pyrrole nitrogens is 1. The Hall–Kier alpha value is -2.68. The van der Waals surface area contributed by atoms with E-state index in [4.69, 9.17) is 4.42 Å². The third-order valence-corrected chi connectivity index (χ3v) is 5.55. The maximum atomic E-state index is 13.0. The van der Waals surface area contributed by atoms with E-state index in [1.54, 1.807) is 13.1 Å². The molecule has 0 saturated heterocycles. The molecule has 1 fully saturated rings. The molecule has 3 heterocycles. The maximum Gasteiger partial charge on any atom is 0.273 e. The van der Waals surface area contributed by atoms with Gasteiger partial charge in [0, 0.05) is 36.7 Å². The molecule has 0 spiro atoms. The first kappa shape index (κ1) is 17.7. The van der Waals surface area contributed by atoms with Crippen LogP contribution < -0.4 is 5.32 Å². The zero-order valence-electron chi connectivity index (χ0n) is 15.1. The quantitative estimate of drug-likeness (QED) is 0.722. The number of aliphatic hydroxyl groups excluding tert-OH is 1. The van der Waals surface area contributed by atoms with Crippen molar-refractivity contribution in [3.05, 3.63) is 35.3 Å². The van der Waals surface area contributed by atoms with Crippen molar-refractivity contribution in [1.29, 1.82) is 0 Å². The van der Waals surface area contributed by atoms with Gasteiger partial charge >= 0.3 is 0 Å². The Labute approximate surface area is 156 Å². The van der Waals surface area contributed by atoms with Crippen LogP contribution in [0, 0.1) is 12.8 Å². The number of nitrogens with zero attached hydrogens (tertiary/aromatic N) is 3. The zero-order chi connectivity index (χ0) is 19.0. The highest BCUT2D eigenvalue weighted by atomic mass is 16.3. The van der Waals surface area contributed by atoms with Gasteiger partial charge in [0.05, 0.1) is 18.3 Å². The Balaban J connectivity index is 1.40. The summed E-state index contributed by atoms with van der Waals surface area (Å²) < 4.78 is 5.06. The minimum absolute atomic E-state index is 0.0746. The van der Waals surface area contributed by atoms with Crippen molar-refractivity contribution in [3.8, 4) is 0 Å². The van der Waals surface area contributed by atoms with E-state index in [1.807, 2.05) is 4.90 Å². The fourth-order valence-corrected chi connectivity index (χ4v) is 3.96. The second-order valence-corrected chi connectivity index (χ2v) is 7.30. The van der Waals surface area contributed by atoms with E-state index in [0.29, 0.717) is 38.1 Å². The fourth-order valence-electron chi connectivity index (χ4n) is 3.96. The molecule has 27 heavy (non-hydrogen) atoms. The molecule has 1 aliphatic heterocycles. The molecule has 0 unspecified atom stereocenters. The molecule has 4 rings (SSSR count). The van der Waals surface area contributed by atoms with Crippen LogP contribution in [0.15, 0.2) is 17.0 Å². The van der Waals surface area contributed by atoms with E-state index >= 15 is 0 Å². The first-order valence-corrected chi connectivity index (χ1v) is 9.22. The number of hydrogen-bond donors (Lipinski definition) is 3. The normalized spacial score (nSPS) is 25.1. The molecule has 3 N–H and O–H groups in total. The van der Waals surface area contributed by atoms with Crippen molar-refractivity contribution in [1.82, 2.24) is 25.4 Å². The molecule has 144 valence electrons. The molecule has 9 nitrogen and oxygen atoms in total. The highest BCUT2D eigenvalue weighted by Crippen LogP contribution is 2.28. The molecule has 1 saturated carbocycles. The molecule has 3 atom stereocenters. The molecular formula is C18H23N5O4. The third-order valence-electron chi connectivity index (χ3n) is 5.55. The number of aromatic nitrogens is 3. The highest BCUT2D eigenvalue weighted by Gasteiger charge is 2.37. The predicted octanol–water partition coefficient (Wildman–Crippen LogP) is 0.550. The van der Waals surface area contributed by atoms with Crippen LogP contribution in [0.25, 0.3) is 0 Å². The number of aromatic amines is 1. The fraction of sp³-hybridized carbons (Fsp3) is 0.556. The zero-order valence-corrected chi connectivity index (χ0v) is 15.1. The van der Waals surface area contributed by atoms with E-state index in [-0.39, 0.29) is 23.4 Å². The van der Waals surface area contributed by atoms with Crippen molar-refractivity contribution < 1.29 is 19.1 Å². The smallest absolute Gasteiger partial charge is 0.273 e. The van der Waals surface area contributed by atoms with Gasteiger partial charge < -0.3 is 19.7 Å². The van der Waals surface area contributed by atoms with Crippen LogP contribution >= 0.6 is 0 Å². The van der Waals surface area contributed by atoms with E-state index < -0.39 is 12.1 Å². The van der Waals surface area contributed by atoms with Crippen LogP contribution in [0.5, 0.6) is 0 Å². The summed E-state index contributed by atoms with van der Waals surface area (Å²) in [6.07, 6.45) is 4.58. The Kier molecular flexibility index (Phi) is 4.69. The molecule has 0 radical (unpaired) electrons. The molecule has 2 aromatic rings. The Morgan fingerprint density at radius 2 is 2.26 bits per heavy atom. The van der Waals surface area contributed by atoms with Gasteiger partial charge in [-0.3, -0.25) is 14.7 Å². The number of carbonyl (C=O) groups is 2. The lowest BCUT2D eigenvalue weighted by Gasteiger charge is -2.36. The van der Waals surface area contributed by atoms with Crippen LogP contribution in [-0.4, -0.2) is 55.7 Å². The lowest BCUT2D eigenvalue weighted by Crippen LogP contribution is -2.50. The monoisotopic (exact) mass is 373 g/mol. The minimum Gasteiger partial charge on any atom is -0.448 e. The first-order chi connectivity index (χ1) is 13.0. The van der Waals surface area contributed by atoms with Gasteiger partial charge in [0.15, 0.2) is 12.1 Å². The van der Waals surface area contributed by atoms with Crippen molar-refractivity contribution in [3.63, 3.8) is 0 Å². The van der Waals surface area contributed by atoms with Crippen LogP contribution in [0.4, 0.5) is 0 Å². The molecule has 2 amide bonds. The van der Waals surface area contributed by atoms with Crippen LogP contribution in [0.2, 0.25) is 0 Å². The summed E-state index contributed by atoms with van der Waals surface area (Å²) in [6.45, 7) is 2.87. The van der Waals surface area contributed by atoms with Gasteiger partial charge in [0.1, 0.15) is 5.76 Å². The minimum atomic E-state index is -0.674. The van der Waals surface area contributed by atoms with Gasteiger partial charge in [-0.05, 0) is 26.2 Å². The van der Waals surface area contributed by atoms with E-state index in [1.165, 1.54) is 6.39 Å². The SMILES string of the molecule is Cc1ocnc1C(=O)N[C@@H]1C[C@@H](C(=O)N2CCc3[nH]ncc3C2)CC[C@H]1O. The summed E-state index contributed by atoms with van der Waals surface area (Å²) in [5, 5.41) is 20.1. The van der Waals surface area contributed by atoms with Gasteiger partial charge in [0.2, 0.25) is 5.91 Å². The Morgan fingerprint density at radius 3 is 3.04 bits per heavy atom. The molecule has 0 bridgehead atoms. The van der Waals surface area contributed by atoms with Gasteiger partial charge in [-0.1, -0.05) is 0 Å². The number of nitrogens with one attached hydrogen (secondary N) is 2. The standard InChI is InChI=1S/C18H23N5O4/c1-10-16(19-9-27-10)17(25)21-14-6-11(2-3-15(14)24)18(26)23-5-4-13-12(8-23)7-20-22-13/h7,9,11,14-15,24H,2-6,8H2,1H3,(H,20,22)(H,21,25)/t11-,14+,15+/m0/s1.